The molecule has 0 atom stereocenters. The van der Waals surface area contributed by atoms with Crippen LogP contribution in [0.5, 0.6) is 11.5 Å². The summed E-state index contributed by atoms with van der Waals surface area (Å²) in [6, 6.07) is 9.36. The first-order valence-corrected chi connectivity index (χ1v) is 11.5. The van der Waals surface area contributed by atoms with E-state index in [4.69, 9.17) is 9.47 Å². The number of halogens is 1. The molecule has 0 radical (unpaired) electrons. The van der Waals surface area contributed by atoms with Crippen molar-refractivity contribution in [1.82, 2.24) is 24.8 Å². The average Bonchev–Trinajstić information content (AvgIpc) is 2.87. The van der Waals surface area contributed by atoms with E-state index >= 15 is 0 Å². The number of hydrogen-bond donors (Lipinski definition) is 2. The monoisotopic (exact) mass is 500 g/mol. The quantitative estimate of drug-likeness (QED) is 0.505. The normalized spacial score (nSPS) is 16.2. The third kappa shape index (κ3) is 5.72. The molecule has 3 aromatic rings. The van der Waals surface area contributed by atoms with Gasteiger partial charge in [-0.25, -0.2) is 4.98 Å². The molecule has 1 amide bonds. The maximum atomic E-state index is 12.5. The van der Waals surface area contributed by atoms with Crippen molar-refractivity contribution in [1.29, 1.82) is 0 Å². The van der Waals surface area contributed by atoms with Gasteiger partial charge in [-0.2, -0.15) is 0 Å². The van der Waals surface area contributed by atoms with Gasteiger partial charge in [0.05, 0.1) is 30.0 Å². The number of ether oxygens (including phenoxy) is 2. The van der Waals surface area contributed by atoms with Gasteiger partial charge in [-0.15, -0.1) is 12.4 Å². The molecule has 2 aliphatic rings. The highest BCUT2D eigenvalue weighted by molar-refractivity contribution is 5.94. The van der Waals surface area contributed by atoms with Crippen LogP contribution < -0.4 is 25.7 Å². The fourth-order valence-electron chi connectivity index (χ4n) is 4.44. The van der Waals surface area contributed by atoms with Gasteiger partial charge in [-0.3, -0.25) is 14.6 Å². The van der Waals surface area contributed by atoms with Crippen molar-refractivity contribution in [3.05, 3.63) is 52.6 Å². The third-order valence-electron chi connectivity index (χ3n) is 6.38. The molecule has 0 unspecified atom stereocenters. The molecule has 0 bridgehead atoms. The summed E-state index contributed by atoms with van der Waals surface area (Å²) in [5.41, 5.74) is 2.41. The molecule has 186 valence electrons. The first kappa shape index (κ1) is 24.9. The third-order valence-corrected chi connectivity index (χ3v) is 6.38. The number of methoxy groups -OCH3 is 1. The molecule has 1 saturated heterocycles. The number of anilines is 1. The number of pyridine rings is 3. The molecule has 2 N–H and O–H groups in total. The molecule has 0 aromatic carbocycles. The molecule has 5 heterocycles. The lowest BCUT2D eigenvalue weighted by Crippen LogP contribution is -2.43. The maximum Gasteiger partial charge on any atom is 0.263 e. The van der Waals surface area contributed by atoms with E-state index < -0.39 is 0 Å². The average molecular weight is 501 g/mol. The summed E-state index contributed by atoms with van der Waals surface area (Å²) < 4.78 is 12.4. The minimum Gasteiger partial charge on any atom is -0.495 e. The number of nitrogens with one attached hydrogen (secondary N) is 2. The molecule has 0 saturated carbocycles. The number of amides is 1. The Kier molecular flexibility index (Phi) is 7.84. The zero-order chi connectivity index (χ0) is 23.5. The maximum absolute atomic E-state index is 12.5. The fourth-order valence-corrected chi connectivity index (χ4v) is 4.44. The van der Waals surface area contributed by atoms with Crippen LogP contribution in [0.2, 0.25) is 0 Å². The van der Waals surface area contributed by atoms with E-state index in [2.05, 4.69) is 25.5 Å². The van der Waals surface area contributed by atoms with Crippen molar-refractivity contribution < 1.29 is 14.3 Å². The van der Waals surface area contributed by atoms with Crippen molar-refractivity contribution >= 4 is 35.2 Å². The molecule has 1 fully saturated rings. The Bertz CT molecular complexity index is 1260. The zero-order valence-corrected chi connectivity index (χ0v) is 20.3. The number of nitrogens with zero attached hydrogens (tertiary/aromatic N) is 4. The molecule has 0 spiro atoms. The van der Waals surface area contributed by atoms with Crippen molar-refractivity contribution in [3.63, 3.8) is 0 Å². The Labute approximate surface area is 209 Å². The highest BCUT2D eigenvalue weighted by Gasteiger charge is 2.21. The minimum absolute atomic E-state index is 0. The van der Waals surface area contributed by atoms with Crippen LogP contribution in [0.4, 0.5) is 5.82 Å². The first-order chi connectivity index (χ1) is 16.6. The van der Waals surface area contributed by atoms with Gasteiger partial charge < -0.3 is 29.6 Å². The van der Waals surface area contributed by atoms with E-state index in [0.29, 0.717) is 36.4 Å². The number of rotatable bonds is 7. The summed E-state index contributed by atoms with van der Waals surface area (Å²) in [7, 11) is 1.60. The molecular formula is C24H29ClN6O4. The summed E-state index contributed by atoms with van der Waals surface area (Å²) in [6.07, 6.45) is 3.70. The number of fused-ring (bicyclic) bond motifs is 2. The lowest BCUT2D eigenvalue weighted by Gasteiger charge is -2.32. The van der Waals surface area contributed by atoms with E-state index in [9.17, 15) is 9.59 Å². The van der Waals surface area contributed by atoms with Crippen LogP contribution in [0, 0.1) is 0 Å². The second-order valence-corrected chi connectivity index (χ2v) is 8.59. The van der Waals surface area contributed by atoms with Gasteiger partial charge in [0.2, 0.25) is 0 Å². The van der Waals surface area contributed by atoms with Crippen LogP contribution in [-0.4, -0.2) is 64.7 Å². The Hall–Kier alpha value is -3.21. The zero-order valence-electron chi connectivity index (χ0n) is 19.5. The summed E-state index contributed by atoms with van der Waals surface area (Å²) in [4.78, 5) is 35.3. The van der Waals surface area contributed by atoms with Crippen LogP contribution in [0.1, 0.15) is 18.5 Å². The molecule has 10 nitrogen and oxygen atoms in total. The summed E-state index contributed by atoms with van der Waals surface area (Å²) >= 11 is 0. The number of hydrogen-bond acceptors (Lipinski definition) is 8. The predicted octanol–water partition coefficient (Wildman–Crippen LogP) is 1.81. The van der Waals surface area contributed by atoms with Gasteiger partial charge in [-0.05, 0) is 44.1 Å². The Morgan fingerprint density at radius 3 is 2.80 bits per heavy atom. The highest BCUT2D eigenvalue weighted by Crippen LogP contribution is 2.25. The van der Waals surface area contributed by atoms with E-state index in [1.54, 1.807) is 30.0 Å². The first-order valence-electron chi connectivity index (χ1n) is 11.5. The molecule has 11 heteroatoms. The van der Waals surface area contributed by atoms with Gasteiger partial charge in [0.1, 0.15) is 5.75 Å². The number of aromatic nitrogens is 3. The van der Waals surface area contributed by atoms with Gasteiger partial charge >= 0.3 is 0 Å². The van der Waals surface area contributed by atoms with Crippen LogP contribution in [0.15, 0.2) is 41.3 Å². The van der Waals surface area contributed by atoms with Crippen LogP contribution in [-0.2, 0) is 17.9 Å². The predicted molar refractivity (Wildman–Crippen MR) is 134 cm³/mol. The second kappa shape index (κ2) is 11.0. The number of likely N-dealkylation sites (tertiary alicyclic amines) is 1. The number of carbonyl (C=O) groups excluding carboxylic acids is 1. The molecule has 5 rings (SSSR count). The lowest BCUT2D eigenvalue weighted by molar-refractivity contribution is -0.118. The standard InChI is InChI=1S/C24H28N6O4.ClH/c1-33-18-12-20-19(26-14-18)3-5-23(32)30(20)11-10-29-8-6-16(7-9-29)25-13-17-2-4-21-24(27-17)28-22(31)15-34-21;/h2-5,12,14,16,25H,6-11,13,15H2,1H3,(H,27,28,31);1H. The number of piperidine rings is 1. The van der Waals surface area contributed by atoms with Gasteiger partial charge in [-0.1, -0.05) is 0 Å². The van der Waals surface area contributed by atoms with Crippen LogP contribution in [0.25, 0.3) is 11.0 Å². The van der Waals surface area contributed by atoms with E-state index in [0.717, 1.165) is 49.2 Å². The lowest BCUT2D eigenvalue weighted by atomic mass is 10.0. The van der Waals surface area contributed by atoms with E-state index in [1.165, 1.54) is 0 Å². The summed E-state index contributed by atoms with van der Waals surface area (Å²) in [5, 5.41) is 6.32. The van der Waals surface area contributed by atoms with Crippen molar-refractivity contribution in [2.24, 2.45) is 0 Å². The molecule has 3 aromatic heterocycles. The molecule has 2 aliphatic heterocycles. The minimum atomic E-state index is -0.182. The largest absolute Gasteiger partial charge is 0.495 e. The Balaban J connectivity index is 0.00000289. The van der Waals surface area contributed by atoms with Gasteiger partial charge in [0, 0.05) is 37.8 Å². The topological polar surface area (TPSA) is 111 Å². The SMILES string of the molecule is COc1cnc2ccc(=O)n(CCN3CCC(NCc4ccc5c(n4)NC(=O)CO5)CC3)c2c1.Cl. The molecule has 35 heavy (non-hydrogen) atoms. The van der Waals surface area contributed by atoms with Crippen LogP contribution in [0.3, 0.4) is 0 Å². The van der Waals surface area contributed by atoms with E-state index in [1.807, 2.05) is 18.2 Å². The van der Waals surface area contributed by atoms with Gasteiger partial charge in [0.15, 0.2) is 18.2 Å². The van der Waals surface area contributed by atoms with E-state index in [-0.39, 0.29) is 30.5 Å². The Morgan fingerprint density at radius 2 is 2.00 bits per heavy atom. The smallest absolute Gasteiger partial charge is 0.263 e. The summed E-state index contributed by atoms with van der Waals surface area (Å²) in [5.74, 6) is 1.55. The van der Waals surface area contributed by atoms with Crippen LogP contribution >= 0.6 is 12.4 Å². The molecule has 0 aliphatic carbocycles. The highest BCUT2D eigenvalue weighted by atomic mass is 35.5. The summed E-state index contributed by atoms with van der Waals surface area (Å²) in [6.45, 7) is 3.99. The van der Waals surface area contributed by atoms with Gasteiger partial charge in [0.25, 0.3) is 11.5 Å². The second-order valence-electron chi connectivity index (χ2n) is 8.59. The number of carbonyl (C=O) groups is 1. The molecular weight excluding hydrogens is 472 g/mol. The van der Waals surface area contributed by atoms with Crippen molar-refractivity contribution in [2.45, 2.75) is 32.0 Å². The van der Waals surface area contributed by atoms with Crippen molar-refractivity contribution in [2.75, 3.05) is 38.7 Å². The fraction of sp³-hybridized carbons (Fsp3) is 0.417. The Morgan fingerprint density at radius 1 is 1.17 bits per heavy atom. The van der Waals surface area contributed by atoms with Crippen molar-refractivity contribution in [3.8, 4) is 11.5 Å².